The lowest BCUT2D eigenvalue weighted by Gasteiger charge is -2.25. The van der Waals surface area contributed by atoms with E-state index in [4.69, 9.17) is 5.84 Å². The summed E-state index contributed by atoms with van der Waals surface area (Å²) in [6, 6.07) is 0.531. The molecule has 0 heterocycles. The van der Waals surface area contributed by atoms with Crippen molar-refractivity contribution in [2.45, 2.75) is 63.8 Å². The molecule has 1 aliphatic rings. The van der Waals surface area contributed by atoms with Crippen LogP contribution < -0.4 is 11.3 Å². The van der Waals surface area contributed by atoms with Gasteiger partial charge in [0.05, 0.1) is 0 Å². The van der Waals surface area contributed by atoms with Crippen LogP contribution in [0.25, 0.3) is 0 Å². The van der Waals surface area contributed by atoms with Gasteiger partial charge in [0.1, 0.15) is 0 Å². The predicted octanol–water partition coefficient (Wildman–Crippen LogP) is 3.15. The minimum Gasteiger partial charge on any atom is -0.271 e. The van der Waals surface area contributed by atoms with Crippen LogP contribution in [0.3, 0.4) is 0 Å². The van der Waals surface area contributed by atoms with E-state index < -0.39 is 0 Å². The standard InChI is InChI=1S/C13H26N2/c1-2-3-6-11-13(15-14)12-9-7-4-5-8-10-12/h2,12-13,15H,1,3-11,14H2. The molecule has 1 unspecified atom stereocenters. The third-order valence-corrected chi connectivity index (χ3v) is 3.61. The van der Waals surface area contributed by atoms with E-state index in [0.29, 0.717) is 6.04 Å². The average Bonchev–Trinajstić information content (AvgIpc) is 2.53. The summed E-state index contributed by atoms with van der Waals surface area (Å²) in [6.07, 6.45) is 13.9. The molecule has 88 valence electrons. The van der Waals surface area contributed by atoms with Crippen LogP contribution in [0.5, 0.6) is 0 Å². The molecule has 0 aromatic carbocycles. The first-order valence-corrected chi connectivity index (χ1v) is 6.45. The van der Waals surface area contributed by atoms with E-state index >= 15 is 0 Å². The normalized spacial score (nSPS) is 20.9. The Kier molecular flexibility index (Phi) is 6.69. The van der Waals surface area contributed by atoms with E-state index in [1.54, 1.807) is 0 Å². The fraction of sp³-hybridized carbons (Fsp3) is 0.846. The first-order valence-electron chi connectivity index (χ1n) is 6.45. The summed E-state index contributed by atoms with van der Waals surface area (Å²) in [4.78, 5) is 0. The molecule has 1 rings (SSSR count). The lowest BCUT2D eigenvalue weighted by Crippen LogP contribution is -2.40. The highest BCUT2D eigenvalue weighted by atomic mass is 15.2. The second kappa shape index (κ2) is 7.89. The van der Waals surface area contributed by atoms with Gasteiger partial charge in [-0.2, -0.15) is 0 Å². The first-order chi connectivity index (χ1) is 7.38. The van der Waals surface area contributed by atoms with Crippen molar-refractivity contribution in [1.82, 2.24) is 5.43 Å². The van der Waals surface area contributed by atoms with Gasteiger partial charge in [-0.25, -0.2) is 0 Å². The molecule has 0 aromatic rings. The topological polar surface area (TPSA) is 38.0 Å². The maximum atomic E-state index is 5.66. The lowest BCUT2D eigenvalue weighted by molar-refractivity contribution is 0.303. The molecular formula is C13H26N2. The van der Waals surface area contributed by atoms with Gasteiger partial charge in [0.25, 0.3) is 0 Å². The van der Waals surface area contributed by atoms with Gasteiger partial charge in [-0.1, -0.05) is 31.8 Å². The highest BCUT2D eigenvalue weighted by Gasteiger charge is 2.20. The smallest absolute Gasteiger partial charge is 0.0238 e. The summed E-state index contributed by atoms with van der Waals surface area (Å²) in [7, 11) is 0. The summed E-state index contributed by atoms with van der Waals surface area (Å²) >= 11 is 0. The molecule has 1 saturated carbocycles. The zero-order chi connectivity index (χ0) is 10.9. The second-order valence-corrected chi connectivity index (χ2v) is 4.74. The van der Waals surface area contributed by atoms with Crippen LogP contribution in [0, 0.1) is 5.92 Å². The number of hydrogen-bond donors (Lipinski definition) is 2. The summed E-state index contributed by atoms with van der Waals surface area (Å²) < 4.78 is 0. The van der Waals surface area contributed by atoms with Crippen LogP contribution in [0.4, 0.5) is 0 Å². The molecule has 0 bridgehead atoms. The van der Waals surface area contributed by atoms with Crippen LogP contribution in [0.15, 0.2) is 12.7 Å². The number of rotatable bonds is 6. The minimum atomic E-state index is 0.531. The van der Waals surface area contributed by atoms with Crippen LogP contribution in [0.2, 0.25) is 0 Å². The summed E-state index contributed by atoms with van der Waals surface area (Å²) in [5.74, 6) is 6.47. The van der Waals surface area contributed by atoms with Gasteiger partial charge >= 0.3 is 0 Å². The third-order valence-electron chi connectivity index (χ3n) is 3.61. The minimum absolute atomic E-state index is 0.531. The van der Waals surface area contributed by atoms with Gasteiger partial charge in [-0.05, 0) is 38.0 Å². The Labute approximate surface area is 94.3 Å². The zero-order valence-electron chi connectivity index (χ0n) is 9.88. The summed E-state index contributed by atoms with van der Waals surface area (Å²) in [5, 5.41) is 0. The highest BCUT2D eigenvalue weighted by Crippen LogP contribution is 2.27. The largest absolute Gasteiger partial charge is 0.271 e. The third kappa shape index (κ3) is 4.80. The van der Waals surface area contributed by atoms with Crippen LogP contribution >= 0.6 is 0 Å². The molecule has 1 fully saturated rings. The molecular weight excluding hydrogens is 184 g/mol. The molecule has 0 spiro atoms. The number of hydrazine groups is 1. The number of hydrogen-bond acceptors (Lipinski definition) is 2. The van der Waals surface area contributed by atoms with Crippen LogP contribution in [-0.2, 0) is 0 Å². The first kappa shape index (κ1) is 12.7. The number of unbranched alkanes of at least 4 members (excludes halogenated alkanes) is 1. The predicted molar refractivity (Wildman–Crippen MR) is 66.4 cm³/mol. The number of allylic oxidation sites excluding steroid dienone is 1. The van der Waals surface area contributed by atoms with Crippen molar-refractivity contribution in [3.05, 3.63) is 12.7 Å². The fourth-order valence-electron chi connectivity index (χ4n) is 2.65. The van der Waals surface area contributed by atoms with Crippen molar-refractivity contribution in [1.29, 1.82) is 0 Å². The quantitative estimate of drug-likeness (QED) is 0.232. The molecule has 2 heteroatoms. The maximum absolute atomic E-state index is 5.66. The molecule has 2 nitrogen and oxygen atoms in total. The van der Waals surface area contributed by atoms with E-state index in [1.807, 2.05) is 6.08 Å². The van der Waals surface area contributed by atoms with Gasteiger partial charge in [-0.3, -0.25) is 11.3 Å². The molecule has 0 saturated heterocycles. The summed E-state index contributed by atoms with van der Waals surface area (Å²) in [6.45, 7) is 3.76. The molecule has 3 N–H and O–H groups in total. The van der Waals surface area contributed by atoms with Gasteiger partial charge in [-0.15, -0.1) is 6.58 Å². The lowest BCUT2D eigenvalue weighted by atomic mass is 9.89. The van der Waals surface area contributed by atoms with Gasteiger partial charge in [0, 0.05) is 6.04 Å². The Morgan fingerprint density at radius 3 is 2.47 bits per heavy atom. The monoisotopic (exact) mass is 210 g/mol. The van der Waals surface area contributed by atoms with E-state index in [-0.39, 0.29) is 0 Å². The Balaban J connectivity index is 2.30. The second-order valence-electron chi connectivity index (χ2n) is 4.74. The molecule has 0 radical (unpaired) electrons. The Hall–Kier alpha value is -0.340. The molecule has 15 heavy (non-hydrogen) atoms. The Morgan fingerprint density at radius 2 is 1.93 bits per heavy atom. The number of nitrogens with one attached hydrogen (secondary N) is 1. The van der Waals surface area contributed by atoms with Crippen molar-refractivity contribution in [3.8, 4) is 0 Å². The van der Waals surface area contributed by atoms with E-state index in [0.717, 1.165) is 12.3 Å². The van der Waals surface area contributed by atoms with Crippen LogP contribution in [0.1, 0.15) is 57.8 Å². The van der Waals surface area contributed by atoms with E-state index in [2.05, 4.69) is 12.0 Å². The van der Waals surface area contributed by atoms with Crippen molar-refractivity contribution >= 4 is 0 Å². The Bertz CT molecular complexity index is 160. The Morgan fingerprint density at radius 1 is 1.27 bits per heavy atom. The van der Waals surface area contributed by atoms with Crippen LogP contribution in [-0.4, -0.2) is 6.04 Å². The van der Waals surface area contributed by atoms with Crippen molar-refractivity contribution in [2.24, 2.45) is 11.8 Å². The molecule has 1 aliphatic carbocycles. The van der Waals surface area contributed by atoms with Gasteiger partial charge < -0.3 is 0 Å². The van der Waals surface area contributed by atoms with Crippen molar-refractivity contribution in [2.75, 3.05) is 0 Å². The average molecular weight is 210 g/mol. The van der Waals surface area contributed by atoms with Gasteiger partial charge in [0.2, 0.25) is 0 Å². The van der Waals surface area contributed by atoms with Crippen molar-refractivity contribution in [3.63, 3.8) is 0 Å². The number of nitrogens with two attached hydrogens (primary N) is 1. The molecule has 0 amide bonds. The van der Waals surface area contributed by atoms with E-state index in [1.165, 1.54) is 51.4 Å². The van der Waals surface area contributed by atoms with Crippen molar-refractivity contribution < 1.29 is 0 Å². The molecule has 0 aromatic heterocycles. The van der Waals surface area contributed by atoms with Gasteiger partial charge in [0.15, 0.2) is 0 Å². The van der Waals surface area contributed by atoms with E-state index in [9.17, 15) is 0 Å². The SMILES string of the molecule is C=CCCCC(NN)C1CCCCCC1. The highest BCUT2D eigenvalue weighted by molar-refractivity contribution is 4.78. The summed E-state index contributed by atoms with van der Waals surface area (Å²) in [5.41, 5.74) is 3.02. The molecule has 1 atom stereocenters. The molecule has 0 aliphatic heterocycles. The fourth-order valence-corrected chi connectivity index (χ4v) is 2.65. The maximum Gasteiger partial charge on any atom is 0.0238 e. The zero-order valence-corrected chi connectivity index (χ0v) is 9.88.